The number of carbonyl (C=O) groups is 1. The summed E-state index contributed by atoms with van der Waals surface area (Å²) in [5.74, 6) is 1.17. The highest BCUT2D eigenvalue weighted by Crippen LogP contribution is 2.34. The zero-order chi connectivity index (χ0) is 30.5. The van der Waals surface area contributed by atoms with Gasteiger partial charge in [-0.1, -0.05) is 65.4 Å². The van der Waals surface area contributed by atoms with E-state index in [1.165, 1.54) is 11.3 Å². The van der Waals surface area contributed by atoms with Gasteiger partial charge in [0.05, 0.1) is 42.2 Å². The molecule has 0 N–H and O–H groups in total. The number of carbonyl (C=O) groups excluding carboxylic acids is 1. The minimum absolute atomic E-state index is 0.197. The van der Waals surface area contributed by atoms with Crippen LogP contribution in [0.2, 0.25) is 5.02 Å². The molecule has 0 radical (unpaired) electrons. The second-order valence-corrected chi connectivity index (χ2v) is 11.0. The number of esters is 1. The van der Waals surface area contributed by atoms with Crippen LogP contribution < -0.4 is 29.1 Å². The molecule has 43 heavy (non-hydrogen) atoms. The molecule has 0 bridgehead atoms. The molecule has 4 aromatic rings. The summed E-state index contributed by atoms with van der Waals surface area (Å²) in [4.78, 5) is 32.4. The largest absolute Gasteiger partial charge is 0.494 e. The Morgan fingerprint density at radius 3 is 2.49 bits per heavy atom. The van der Waals surface area contributed by atoms with E-state index >= 15 is 0 Å². The summed E-state index contributed by atoms with van der Waals surface area (Å²) in [5, 5.41) is 0.592. The van der Waals surface area contributed by atoms with E-state index in [9.17, 15) is 9.59 Å². The Kier molecular flexibility index (Phi) is 9.33. The minimum Gasteiger partial charge on any atom is -0.494 e. The molecule has 1 aliphatic heterocycles. The van der Waals surface area contributed by atoms with Gasteiger partial charge in [-0.15, -0.1) is 0 Å². The quantitative estimate of drug-likeness (QED) is 0.220. The Labute approximate surface area is 258 Å². The molecule has 1 atom stereocenters. The summed E-state index contributed by atoms with van der Waals surface area (Å²) < 4.78 is 24.8. The van der Waals surface area contributed by atoms with Crippen molar-refractivity contribution >= 4 is 35.0 Å². The van der Waals surface area contributed by atoms with Crippen LogP contribution in [0.3, 0.4) is 0 Å². The van der Waals surface area contributed by atoms with E-state index in [4.69, 9.17) is 30.5 Å². The van der Waals surface area contributed by atoms with E-state index in [0.29, 0.717) is 55.0 Å². The fourth-order valence-electron chi connectivity index (χ4n) is 4.89. The Bertz CT molecular complexity index is 1860. The average molecular weight is 619 g/mol. The molecule has 1 aliphatic rings. The van der Waals surface area contributed by atoms with Crippen LogP contribution in [0.15, 0.2) is 87.8 Å². The van der Waals surface area contributed by atoms with Gasteiger partial charge in [0, 0.05) is 16.1 Å². The lowest BCUT2D eigenvalue weighted by atomic mass is 9.96. The number of para-hydroxylation sites is 1. The molecule has 5 rings (SSSR count). The molecule has 222 valence electrons. The first-order valence-corrected chi connectivity index (χ1v) is 15.0. The van der Waals surface area contributed by atoms with Crippen molar-refractivity contribution in [2.24, 2.45) is 4.99 Å². The predicted molar refractivity (Wildman–Crippen MR) is 167 cm³/mol. The van der Waals surface area contributed by atoms with Crippen LogP contribution in [0.5, 0.6) is 17.2 Å². The van der Waals surface area contributed by atoms with Crippen LogP contribution in [0.25, 0.3) is 6.08 Å². The van der Waals surface area contributed by atoms with E-state index in [2.05, 4.69) is 4.99 Å². The van der Waals surface area contributed by atoms with Crippen molar-refractivity contribution in [3.8, 4) is 17.2 Å². The molecule has 10 heteroatoms. The lowest BCUT2D eigenvalue weighted by molar-refractivity contribution is -0.139. The highest BCUT2D eigenvalue weighted by Gasteiger charge is 2.33. The maximum absolute atomic E-state index is 14.1. The first-order valence-electron chi connectivity index (χ1n) is 13.8. The first kappa shape index (κ1) is 30.1. The van der Waals surface area contributed by atoms with Gasteiger partial charge in [-0.3, -0.25) is 9.36 Å². The second kappa shape index (κ2) is 13.3. The number of rotatable bonds is 10. The number of methoxy groups -OCH3 is 1. The van der Waals surface area contributed by atoms with Gasteiger partial charge in [-0.25, -0.2) is 9.79 Å². The van der Waals surface area contributed by atoms with Crippen LogP contribution in [-0.4, -0.2) is 30.9 Å². The van der Waals surface area contributed by atoms with Crippen molar-refractivity contribution in [2.75, 3.05) is 20.3 Å². The topological polar surface area (TPSA) is 88.4 Å². The van der Waals surface area contributed by atoms with E-state index in [-0.39, 0.29) is 18.8 Å². The fourth-order valence-corrected chi connectivity index (χ4v) is 6.12. The van der Waals surface area contributed by atoms with Crippen molar-refractivity contribution in [3.63, 3.8) is 0 Å². The summed E-state index contributed by atoms with van der Waals surface area (Å²) in [6.45, 7) is 6.34. The van der Waals surface area contributed by atoms with Crippen molar-refractivity contribution in [1.82, 2.24) is 4.57 Å². The lowest BCUT2D eigenvalue weighted by Gasteiger charge is -2.24. The third kappa shape index (κ3) is 6.23. The third-order valence-electron chi connectivity index (χ3n) is 6.87. The van der Waals surface area contributed by atoms with Gasteiger partial charge in [0.2, 0.25) is 0 Å². The molecule has 8 nitrogen and oxygen atoms in total. The Balaban J connectivity index is 1.63. The summed E-state index contributed by atoms with van der Waals surface area (Å²) in [7, 11) is 1.56. The van der Waals surface area contributed by atoms with Crippen LogP contribution in [0.1, 0.15) is 43.5 Å². The van der Waals surface area contributed by atoms with Gasteiger partial charge < -0.3 is 18.9 Å². The van der Waals surface area contributed by atoms with E-state index in [1.54, 1.807) is 43.7 Å². The highest BCUT2D eigenvalue weighted by atomic mass is 35.5. The summed E-state index contributed by atoms with van der Waals surface area (Å²) >= 11 is 7.59. The van der Waals surface area contributed by atoms with Crippen molar-refractivity contribution in [1.29, 1.82) is 0 Å². The van der Waals surface area contributed by atoms with Crippen LogP contribution >= 0.6 is 22.9 Å². The number of fused-ring (bicyclic) bond motifs is 1. The molecule has 0 saturated carbocycles. The third-order valence-corrected chi connectivity index (χ3v) is 8.22. The number of thiazole rings is 1. The Morgan fingerprint density at radius 2 is 1.79 bits per heavy atom. The Morgan fingerprint density at radius 1 is 1.02 bits per heavy atom. The maximum Gasteiger partial charge on any atom is 0.338 e. The van der Waals surface area contributed by atoms with Gasteiger partial charge in [-0.05, 0) is 56.7 Å². The number of aromatic nitrogens is 1. The van der Waals surface area contributed by atoms with Crippen LogP contribution in [0.4, 0.5) is 0 Å². The zero-order valence-corrected chi connectivity index (χ0v) is 25.8. The molecule has 0 saturated heterocycles. The van der Waals surface area contributed by atoms with Gasteiger partial charge in [0.15, 0.2) is 16.3 Å². The van der Waals surface area contributed by atoms with Gasteiger partial charge in [0.1, 0.15) is 12.4 Å². The number of ether oxygens (including phenoxy) is 4. The molecule has 2 heterocycles. The summed E-state index contributed by atoms with van der Waals surface area (Å²) in [6, 6.07) is 19.5. The number of nitrogens with zero attached hydrogens (tertiary/aromatic N) is 2. The SMILES string of the molecule is CCOC(=O)C1=C(C)N=c2s/c(=C\c3cccc(OC)c3OCc3ccccc3Cl)c(=O)n2[C@@H]1c1ccc(OCC)cc1. The number of halogens is 1. The number of hydrogen-bond donors (Lipinski definition) is 0. The number of hydrogen-bond acceptors (Lipinski definition) is 8. The maximum atomic E-state index is 14.1. The predicted octanol–water partition coefficient (Wildman–Crippen LogP) is 5.44. The number of benzene rings is 3. The van der Waals surface area contributed by atoms with Crippen molar-refractivity contribution in [3.05, 3.63) is 119 Å². The first-order chi connectivity index (χ1) is 20.9. The van der Waals surface area contributed by atoms with E-state index < -0.39 is 12.0 Å². The van der Waals surface area contributed by atoms with Crippen molar-refractivity contribution < 1.29 is 23.7 Å². The zero-order valence-electron chi connectivity index (χ0n) is 24.3. The van der Waals surface area contributed by atoms with E-state index in [1.807, 2.05) is 61.5 Å². The average Bonchev–Trinajstić information content (AvgIpc) is 3.30. The molecule has 0 spiro atoms. The van der Waals surface area contributed by atoms with Gasteiger partial charge in [-0.2, -0.15) is 0 Å². The molecule has 3 aromatic carbocycles. The van der Waals surface area contributed by atoms with E-state index in [0.717, 1.165) is 11.1 Å². The lowest BCUT2D eigenvalue weighted by Crippen LogP contribution is -2.39. The summed E-state index contributed by atoms with van der Waals surface area (Å²) in [6.07, 6.45) is 1.76. The molecule has 1 aromatic heterocycles. The molecule has 0 amide bonds. The molecule has 0 fully saturated rings. The van der Waals surface area contributed by atoms with Crippen molar-refractivity contribution in [2.45, 2.75) is 33.4 Å². The van der Waals surface area contributed by atoms with Gasteiger partial charge in [0.25, 0.3) is 5.56 Å². The highest BCUT2D eigenvalue weighted by molar-refractivity contribution is 7.07. The standard InChI is InChI=1S/C33H31ClN2O6S/c1-5-40-24-16-14-21(15-17-24)29-28(32(38)41-6-2)20(3)35-33-36(29)31(37)27(43-33)18-22-11-9-13-26(39-4)30(22)42-19-23-10-7-8-12-25(23)34/h7-18,29H,5-6,19H2,1-4H3/b27-18-/t29-/m1/s1. The van der Waals surface area contributed by atoms with Gasteiger partial charge >= 0.3 is 5.97 Å². The molecule has 0 aliphatic carbocycles. The monoisotopic (exact) mass is 618 g/mol. The second-order valence-electron chi connectivity index (χ2n) is 9.56. The van der Waals surface area contributed by atoms with Crippen LogP contribution in [0, 0.1) is 0 Å². The van der Waals surface area contributed by atoms with Crippen LogP contribution in [-0.2, 0) is 16.1 Å². The normalized spacial score (nSPS) is 14.6. The summed E-state index contributed by atoms with van der Waals surface area (Å²) in [5.41, 5.74) is 2.72. The number of allylic oxidation sites excluding steroid dienone is 1. The smallest absolute Gasteiger partial charge is 0.338 e. The fraction of sp³-hybridized carbons (Fsp3) is 0.242. The minimum atomic E-state index is -0.727. The Hall–Kier alpha value is -4.34. The molecular weight excluding hydrogens is 588 g/mol. The molecular formula is C33H31ClN2O6S. The molecule has 0 unspecified atom stereocenters.